The van der Waals surface area contributed by atoms with Crippen LogP contribution >= 0.6 is 0 Å². The summed E-state index contributed by atoms with van der Waals surface area (Å²) in [6.07, 6.45) is 0.979. The number of halogens is 4. The number of amides is 2. The van der Waals surface area contributed by atoms with Gasteiger partial charge in [-0.3, -0.25) is 9.59 Å². The van der Waals surface area contributed by atoms with Gasteiger partial charge in [-0.25, -0.2) is 9.97 Å². The van der Waals surface area contributed by atoms with Crippen molar-refractivity contribution in [3.63, 3.8) is 0 Å². The maximum Gasteiger partial charge on any atom is 0.329 e. The van der Waals surface area contributed by atoms with Crippen molar-refractivity contribution in [3.8, 4) is 0 Å². The van der Waals surface area contributed by atoms with E-state index in [1.165, 1.54) is 0 Å². The number of rotatable bonds is 7. The van der Waals surface area contributed by atoms with E-state index >= 15 is 0 Å². The van der Waals surface area contributed by atoms with Crippen LogP contribution < -0.4 is 11.1 Å². The number of carbonyl (C=O) groups excluding carboxylic acids is 2. The molecule has 0 aliphatic carbocycles. The standard InChI is InChI=1S/C20H23F4N5O2/c1-12-16(28-15-8-3-2-7-14(15)27-12)17(30)26-9-5-4-6-13(25)18(31)29-10-19(21,22)20(23,24)11-29/h2-3,7-8,13H,4-6,9-11,25H2,1H3,(H,26,30)/t13-/m0/s1. The molecule has 3 N–H and O–H groups in total. The Hall–Kier alpha value is -2.82. The van der Waals surface area contributed by atoms with Gasteiger partial charge in [0, 0.05) is 6.54 Å². The number of para-hydroxylation sites is 2. The average Bonchev–Trinajstić information content (AvgIpc) is 2.93. The van der Waals surface area contributed by atoms with Gasteiger partial charge in [0.2, 0.25) is 5.91 Å². The molecule has 0 bridgehead atoms. The molecular formula is C20H23F4N5O2. The van der Waals surface area contributed by atoms with Crippen LogP contribution in [0.2, 0.25) is 0 Å². The number of aromatic nitrogens is 2. The first-order chi connectivity index (χ1) is 14.5. The number of nitrogens with zero attached hydrogens (tertiary/aromatic N) is 3. The summed E-state index contributed by atoms with van der Waals surface area (Å²) in [4.78, 5) is 33.5. The molecule has 1 atom stereocenters. The van der Waals surface area contributed by atoms with Gasteiger partial charge >= 0.3 is 11.8 Å². The molecule has 2 amide bonds. The van der Waals surface area contributed by atoms with Crippen LogP contribution in [0.15, 0.2) is 24.3 Å². The third-order valence-corrected chi connectivity index (χ3v) is 5.13. The predicted octanol–water partition coefficient (Wildman–Crippen LogP) is 2.28. The van der Waals surface area contributed by atoms with Crippen molar-refractivity contribution in [2.45, 2.75) is 44.1 Å². The largest absolute Gasteiger partial charge is 0.351 e. The quantitative estimate of drug-likeness (QED) is 0.507. The second-order valence-electron chi connectivity index (χ2n) is 7.61. The molecule has 0 spiro atoms. The smallest absolute Gasteiger partial charge is 0.329 e. The van der Waals surface area contributed by atoms with E-state index in [1.807, 2.05) is 6.07 Å². The maximum atomic E-state index is 13.2. The second-order valence-corrected chi connectivity index (χ2v) is 7.61. The number of benzene rings is 1. The molecule has 0 unspecified atom stereocenters. The highest BCUT2D eigenvalue weighted by atomic mass is 19.3. The summed E-state index contributed by atoms with van der Waals surface area (Å²) >= 11 is 0. The van der Waals surface area contributed by atoms with Gasteiger partial charge in [-0.1, -0.05) is 12.1 Å². The number of nitrogens with two attached hydrogens (primary N) is 1. The Kier molecular flexibility index (Phi) is 6.44. The summed E-state index contributed by atoms with van der Waals surface area (Å²) < 4.78 is 53.0. The Morgan fingerprint density at radius 3 is 2.29 bits per heavy atom. The SMILES string of the molecule is Cc1nc2ccccc2nc1C(=O)NCCCC[C@H](N)C(=O)N1CC(F)(F)C(F)(F)C1. The molecule has 168 valence electrons. The van der Waals surface area contributed by atoms with E-state index in [-0.39, 0.29) is 18.7 Å². The number of nitrogens with one attached hydrogen (secondary N) is 1. The van der Waals surface area contributed by atoms with Crippen molar-refractivity contribution in [1.82, 2.24) is 20.2 Å². The topological polar surface area (TPSA) is 101 Å². The van der Waals surface area contributed by atoms with Crippen LogP contribution in [0.25, 0.3) is 11.0 Å². The number of hydrogen-bond donors (Lipinski definition) is 2. The van der Waals surface area contributed by atoms with Gasteiger partial charge < -0.3 is 16.0 Å². The summed E-state index contributed by atoms with van der Waals surface area (Å²) in [6, 6.07) is 6.01. The molecule has 7 nitrogen and oxygen atoms in total. The summed E-state index contributed by atoms with van der Waals surface area (Å²) in [5.74, 6) is -9.83. The van der Waals surface area contributed by atoms with Gasteiger partial charge in [-0.2, -0.15) is 17.6 Å². The zero-order valence-corrected chi connectivity index (χ0v) is 16.9. The van der Waals surface area contributed by atoms with Crippen LogP contribution in [0.1, 0.15) is 35.4 Å². The Morgan fingerprint density at radius 1 is 1.10 bits per heavy atom. The average molecular weight is 441 g/mol. The predicted molar refractivity (Wildman–Crippen MR) is 105 cm³/mol. The van der Waals surface area contributed by atoms with Crippen molar-refractivity contribution in [2.75, 3.05) is 19.6 Å². The van der Waals surface area contributed by atoms with Crippen molar-refractivity contribution in [1.29, 1.82) is 0 Å². The van der Waals surface area contributed by atoms with Gasteiger partial charge in [0.1, 0.15) is 5.69 Å². The number of carbonyl (C=O) groups is 2. The third kappa shape index (κ3) is 4.92. The number of unbranched alkanes of at least 4 members (excludes halogenated alkanes) is 1. The minimum atomic E-state index is -4.25. The molecule has 1 aliphatic heterocycles. The van der Waals surface area contributed by atoms with E-state index in [9.17, 15) is 27.2 Å². The summed E-state index contributed by atoms with van der Waals surface area (Å²) in [5, 5.41) is 2.71. The van der Waals surface area contributed by atoms with Gasteiger partial charge in [-0.15, -0.1) is 0 Å². The van der Waals surface area contributed by atoms with Crippen LogP contribution in [0.3, 0.4) is 0 Å². The van der Waals surface area contributed by atoms with Crippen molar-refractivity contribution in [2.24, 2.45) is 5.73 Å². The Morgan fingerprint density at radius 2 is 1.68 bits per heavy atom. The third-order valence-electron chi connectivity index (χ3n) is 5.13. The number of hydrogen-bond acceptors (Lipinski definition) is 5. The second kappa shape index (κ2) is 8.74. The molecule has 2 heterocycles. The molecule has 1 saturated heterocycles. The molecule has 1 aliphatic rings. The van der Waals surface area contributed by atoms with Crippen LogP contribution in [0.4, 0.5) is 17.6 Å². The van der Waals surface area contributed by atoms with Crippen LogP contribution in [0, 0.1) is 6.92 Å². The van der Waals surface area contributed by atoms with E-state index in [0.717, 1.165) is 0 Å². The molecular weight excluding hydrogens is 418 g/mol. The monoisotopic (exact) mass is 441 g/mol. The lowest BCUT2D eigenvalue weighted by atomic mass is 10.1. The lowest BCUT2D eigenvalue weighted by Crippen LogP contribution is -2.43. The fourth-order valence-electron chi connectivity index (χ4n) is 3.36. The van der Waals surface area contributed by atoms with Crippen LogP contribution in [0.5, 0.6) is 0 Å². The highest BCUT2D eigenvalue weighted by Gasteiger charge is 2.64. The number of likely N-dealkylation sites (tertiary alicyclic amines) is 1. The zero-order chi connectivity index (χ0) is 22.8. The molecule has 2 aromatic rings. The number of fused-ring (bicyclic) bond motifs is 1. The van der Waals surface area contributed by atoms with Crippen molar-refractivity contribution in [3.05, 3.63) is 35.7 Å². The fraction of sp³-hybridized carbons (Fsp3) is 0.500. The van der Waals surface area contributed by atoms with E-state index in [2.05, 4.69) is 15.3 Å². The fourth-order valence-corrected chi connectivity index (χ4v) is 3.36. The highest BCUT2D eigenvalue weighted by molar-refractivity contribution is 5.95. The first kappa shape index (κ1) is 22.9. The van der Waals surface area contributed by atoms with E-state index < -0.39 is 42.8 Å². The maximum absolute atomic E-state index is 13.2. The van der Waals surface area contributed by atoms with Gasteiger partial charge in [0.25, 0.3) is 5.91 Å². The Balaban J connectivity index is 1.43. The highest BCUT2D eigenvalue weighted by Crippen LogP contribution is 2.41. The first-order valence-electron chi connectivity index (χ1n) is 9.83. The molecule has 1 aromatic heterocycles. The normalized spacial score (nSPS) is 18.2. The minimum absolute atomic E-state index is 0.122. The number of aryl methyl sites for hydroxylation is 1. The lowest BCUT2D eigenvalue weighted by Gasteiger charge is -2.19. The lowest BCUT2D eigenvalue weighted by molar-refractivity contribution is -0.172. The molecule has 0 saturated carbocycles. The van der Waals surface area contributed by atoms with Crippen molar-refractivity contribution >= 4 is 22.8 Å². The summed E-state index contributed by atoms with van der Waals surface area (Å²) in [6.45, 7) is -0.721. The molecule has 1 fully saturated rings. The summed E-state index contributed by atoms with van der Waals surface area (Å²) in [5.41, 5.74) is 7.67. The number of alkyl halides is 4. The first-order valence-corrected chi connectivity index (χ1v) is 9.83. The molecule has 1 aromatic carbocycles. The van der Waals surface area contributed by atoms with E-state index in [1.54, 1.807) is 25.1 Å². The Bertz CT molecular complexity index is 969. The van der Waals surface area contributed by atoms with Gasteiger partial charge in [0.15, 0.2) is 0 Å². The van der Waals surface area contributed by atoms with E-state index in [0.29, 0.717) is 34.5 Å². The zero-order valence-electron chi connectivity index (χ0n) is 16.9. The van der Waals surface area contributed by atoms with E-state index in [4.69, 9.17) is 5.73 Å². The van der Waals surface area contributed by atoms with Crippen LogP contribution in [-0.4, -0.2) is 64.2 Å². The van der Waals surface area contributed by atoms with Crippen LogP contribution in [-0.2, 0) is 4.79 Å². The van der Waals surface area contributed by atoms with Crippen molar-refractivity contribution < 1.29 is 27.2 Å². The molecule has 3 rings (SSSR count). The Labute approximate surface area is 176 Å². The van der Waals surface area contributed by atoms with Gasteiger partial charge in [-0.05, 0) is 38.3 Å². The minimum Gasteiger partial charge on any atom is -0.351 e. The summed E-state index contributed by atoms with van der Waals surface area (Å²) in [7, 11) is 0. The molecule has 31 heavy (non-hydrogen) atoms. The molecule has 11 heteroatoms. The molecule has 0 radical (unpaired) electrons. The van der Waals surface area contributed by atoms with Gasteiger partial charge in [0.05, 0.1) is 35.9 Å².